The molecule has 12 heteroatoms. The Kier molecular flexibility index (Phi) is 7.18. The first-order chi connectivity index (χ1) is 17.5. The third-order valence-corrected chi connectivity index (χ3v) is 6.53. The number of hydrogen-bond donors (Lipinski definition) is 1. The molecule has 1 atom stereocenters. The van der Waals surface area contributed by atoms with E-state index in [1.165, 1.54) is 60.4 Å². The molecule has 8 nitrogen and oxygen atoms in total. The van der Waals surface area contributed by atoms with Gasteiger partial charge in [-0.2, -0.15) is 18.4 Å². The van der Waals surface area contributed by atoms with Crippen molar-refractivity contribution in [2.45, 2.75) is 32.0 Å². The minimum atomic E-state index is -4.32. The van der Waals surface area contributed by atoms with E-state index < -0.39 is 30.1 Å². The number of aromatic amines is 1. The van der Waals surface area contributed by atoms with Gasteiger partial charge in [0.15, 0.2) is 5.82 Å². The molecule has 1 aromatic carbocycles. The molecule has 0 radical (unpaired) electrons. The molecule has 194 valence electrons. The van der Waals surface area contributed by atoms with Crippen LogP contribution in [0.25, 0.3) is 16.9 Å². The zero-order valence-electron chi connectivity index (χ0n) is 20.1. The van der Waals surface area contributed by atoms with Gasteiger partial charge in [0, 0.05) is 31.5 Å². The van der Waals surface area contributed by atoms with Crippen LogP contribution in [0.4, 0.5) is 17.6 Å². The van der Waals surface area contributed by atoms with E-state index in [4.69, 9.17) is 5.26 Å². The third-order valence-electron chi connectivity index (χ3n) is 6.53. The van der Waals surface area contributed by atoms with Gasteiger partial charge in [-0.15, -0.1) is 0 Å². The highest BCUT2D eigenvalue weighted by molar-refractivity contribution is 5.94. The summed E-state index contributed by atoms with van der Waals surface area (Å²) in [5.74, 6) is -0.856. The molecule has 1 N–H and O–H groups in total. The van der Waals surface area contributed by atoms with Crippen molar-refractivity contribution in [3.05, 3.63) is 69.5 Å². The average molecular weight is 516 g/mol. The lowest BCUT2D eigenvalue weighted by molar-refractivity contribution is -0.149. The number of hydrogen-bond acceptors (Lipinski definition) is 5. The van der Waals surface area contributed by atoms with Gasteiger partial charge in [0.05, 0.1) is 23.2 Å². The Labute approximate surface area is 209 Å². The number of amides is 1. The molecule has 1 saturated heterocycles. The molecule has 37 heavy (non-hydrogen) atoms. The lowest BCUT2D eigenvalue weighted by atomic mass is 10.0. The van der Waals surface area contributed by atoms with Crippen LogP contribution in [0.3, 0.4) is 0 Å². The van der Waals surface area contributed by atoms with Gasteiger partial charge in [-0.05, 0) is 56.1 Å². The Morgan fingerprint density at radius 2 is 2.03 bits per heavy atom. The number of rotatable bonds is 5. The molecular weight excluding hydrogens is 492 g/mol. The molecule has 1 aliphatic heterocycles. The SMILES string of the molecule is Cc1c(-c2c[nH]n(-c3ccc(C(=O)N4CCCC(N(C)CC(F)(F)F)C4)cn3)c2=O)ccc(C#N)c1F. The van der Waals surface area contributed by atoms with Gasteiger partial charge in [-0.3, -0.25) is 19.6 Å². The molecule has 0 saturated carbocycles. The number of nitrogens with one attached hydrogen (secondary N) is 1. The lowest BCUT2D eigenvalue weighted by Gasteiger charge is -2.37. The Morgan fingerprint density at radius 3 is 2.68 bits per heavy atom. The van der Waals surface area contributed by atoms with Crippen LogP contribution in [0.15, 0.2) is 41.5 Å². The van der Waals surface area contributed by atoms with Gasteiger partial charge in [-0.25, -0.2) is 14.1 Å². The van der Waals surface area contributed by atoms with E-state index in [1.807, 2.05) is 0 Å². The Morgan fingerprint density at radius 1 is 1.27 bits per heavy atom. The molecular formula is C25H24F4N6O2. The first kappa shape index (κ1) is 26.1. The summed E-state index contributed by atoms with van der Waals surface area (Å²) in [6.07, 6.45) is -0.458. The third kappa shape index (κ3) is 5.41. The fourth-order valence-corrected chi connectivity index (χ4v) is 4.53. The van der Waals surface area contributed by atoms with Crippen molar-refractivity contribution in [1.82, 2.24) is 24.6 Å². The maximum Gasteiger partial charge on any atom is 0.401 e. The molecule has 1 fully saturated rings. The number of benzene rings is 1. The van der Waals surface area contributed by atoms with Crippen molar-refractivity contribution < 1.29 is 22.4 Å². The summed E-state index contributed by atoms with van der Waals surface area (Å²) in [7, 11) is 1.40. The molecule has 3 aromatic rings. The van der Waals surface area contributed by atoms with Crippen LogP contribution in [0, 0.1) is 24.1 Å². The number of carbonyl (C=O) groups is 1. The number of H-pyrrole nitrogens is 1. The molecule has 1 aliphatic rings. The summed E-state index contributed by atoms with van der Waals surface area (Å²) in [6, 6.07) is 7.12. The lowest BCUT2D eigenvalue weighted by Crippen LogP contribution is -2.50. The number of likely N-dealkylation sites (N-methyl/N-ethyl adjacent to an activating group) is 1. The number of nitriles is 1. The van der Waals surface area contributed by atoms with E-state index in [-0.39, 0.29) is 40.5 Å². The number of carbonyl (C=O) groups excluding carboxylic acids is 1. The topological polar surface area (TPSA) is 98.0 Å². The number of halogens is 4. The van der Waals surface area contributed by atoms with Crippen molar-refractivity contribution in [2.75, 3.05) is 26.7 Å². The van der Waals surface area contributed by atoms with Gasteiger partial charge in [0.25, 0.3) is 11.5 Å². The van der Waals surface area contributed by atoms with E-state index in [1.54, 1.807) is 6.07 Å². The molecule has 1 amide bonds. The Balaban J connectivity index is 1.51. The summed E-state index contributed by atoms with van der Waals surface area (Å²) >= 11 is 0. The van der Waals surface area contributed by atoms with Crippen LogP contribution in [-0.2, 0) is 0 Å². The van der Waals surface area contributed by atoms with Crippen molar-refractivity contribution in [3.8, 4) is 23.0 Å². The fraction of sp³-hybridized carbons (Fsp3) is 0.360. The van der Waals surface area contributed by atoms with E-state index in [2.05, 4.69) is 10.1 Å². The van der Waals surface area contributed by atoms with Crippen molar-refractivity contribution >= 4 is 5.91 Å². The first-order valence-electron chi connectivity index (χ1n) is 11.5. The molecule has 1 unspecified atom stereocenters. The molecule has 0 bridgehead atoms. The largest absolute Gasteiger partial charge is 0.401 e. The second-order valence-electron chi connectivity index (χ2n) is 9.02. The normalized spacial score (nSPS) is 16.2. The molecule has 4 rings (SSSR count). The van der Waals surface area contributed by atoms with Crippen LogP contribution in [-0.4, -0.2) is 69.4 Å². The second kappa shape index (κ2) is 10.2. The standard InChI is InChI=1S/C25H24F4N6O2/c1-15-19(7-5-16(10-30)22(15)26)20-12-32-35(24(20)37)21-8-6-17(11-31-21)23(36)34-9-3-4-18(13-34)33(2)14-25(27,28)29/h5-8,11-12,18,32H,3-4,9,13-14H2,1-2H3. The number of aromatic nitrogens is 3. The number of piperidine rings is 1. The van der Waals surface area contributed by atoms with Crippen LogP contribution < -0.4 is 5.56 Å². The zero-order valence-corrected chi connectivity index (χ0v) is 20.1. The van der Waals surface area contributed by atoms with E-state index in [0.717, 1.165) is 4.68 Å². The quantitative estimate of drug-likeness (QED) is 0.523. The van der Waals surface area contributed by atoms with Crippen LogP contribution >= 0.6 is 0 Å². The summed E-state index contributed by atoms with van der Waals surface area (Å²) in [5, 5.41) is 11.8. The molecule has 3 heterocycles. The average Bonchev–Trinajstić information content (AvgIpc) is 3.25. The van der Waals surface area contributed by atoms with Crippen LogP contribution in [0.1, 0.15) is 34.3 Å². The minimum absolute atomic E-state index is 0.119. The maximum absolute atomic E-state index is 14.4. The van der Waals surface area contributed by atoms with Crippen molar-refractivity contribution in [3.63, 3.8) is 0 Å². The molecule has 0 spiro atoms. The Hall–Kier alpha value is -3.98. The van der Waals surface area contributed by atoms with E-state index in [0.29, 0.717) is 24.9 Å². The number of pyridine rings is 1. The van der Waals surface area contributed by atoms with Gasteiger partial charge < -0.3 is 4.90 Å². The van der Waals surface area contributed by atoms with Crippen molar-refractivity contribution in [1.29, 1.82) is 5.26 Å². The zero-order chi connectivity index (χ0) is 26.9. The smallest absolute Gasteiger partial charge is 0.337 e. The van der Waals surface area contributed by atoms with E-state index in [9.17, 15) is 27.2 Å². The first-order valence-corrected chi connectivity index (χ1v) is 11.5. The van der Waals surface area contributed by atoms with Gasteiger partial charge in [0.2, 0.25) is 0 Å². The van der Waals surface area contributed by atoms with Crippen molar-refractivity contribution in [2.24, 2.45) is 0 Å². The van der Waals surface area contributed by atoms with Gasteiger partial charge in [0.1, 0.15) is 11.9 Å². The molecule has 2 aromatic heterocycles. The highest BCUT2D eigenvalue weighted by atomic mass is 19.4. The molecule has 0 aliphatic carbocycles. The monoisotopic (exact) mass is 516 g/mol. The number of likely N-dealkylation sites (tertiary alicyclic amines) is 1. The maximum atomic E-state index is 14.4. The van der Waals surface area contributed by atoms with Gasteiger partial charge >= 0.3 is 6.18 Å². The second-order valence-corrected chi connectivity index (χ2v) is 9.02. The predicted octanol–water partition coefficient (Wildman–Crippen LogP) is 3.65. The van der Waals surface area contributed by atoms with Gasteiger partial charge in [-0.1, -0.05) is 6.07 Å². The summed E-state index contributed by atoms with van der Waals surface area (Å²) in [6.45, 7) is 1.04. The van der Waals surface area contributed by atoms with E-state index >= 15 is 0 Å². The summed E-state index contributed by atoms with van der Waals surface area (Å²) < 4.78 is 53.8. The Bertz CT molecular complexity index is 1400. The number of nitrogens with zero attached hydrogens (tertiary/aromatic N) is 5. The minimum Gasteiger partial charge on any atom is -0.337 e. The van der Waals surface area contributed by atoms with Crippen LogP contribution in [0.5, 0.6) is 0 Å². The summed E-state index contributed by atoms with van der Waals surface area (Å²) in [4.78, 5) is 32.9. The van der Waals surface area contributed by atoms with Crippen LogP contribution in [0.2, 0.25) is 0 Å². The number of alkyl halides is 3. The summed E-state index contributed by atoms with van der Waals surface area (Å²) in [5.41, 5.74) is 0.310. The predicted molar refractivity (Wildman–Crippen MR) is 127 cm³/mol. The fourth-order valence-electron chi connectivity index (χ4n) is 4.53. The highest BCUT2D eigenvalue weighted by Gasteiger charge is 2.34. The highest BCUT2D eigenvalue weighted by Crippen LogP contribution is 2.25.